The van der Waals surface area contributed by atoms with Gasteiger partial charge < -0.3 is 35.6 Å². The van der Waals surface area contributed by atoms with Gasteiger partial charge in [0.2, 0.25) is 17.7 Å². The predicted molar refractivity (Wildman–Crippen MR) is 272 cm³/mol. The summed E-state index contributed by atoms with van der Waals surface area (Å²) in [5, 5.41) is 29.5. The summed E-state index contributed by atoms with van der Waals surface area (Å²) in [5.41, 5.74) is 4.19. The van der Waals surface area contributed by atoms with Gasteiger partial charge in [0, 0.05) is 74.7 Å². The number of aliphatic hydroxyl groups is 1. The van der Waals surface area contributed by atoms with E-state index in [1.807, 2.05) is 76.5 Å². The summed E-state index contributed by atoms with van der Waals surface area (Å²) in [5.74, 6) is 0.238. The number of pyridine rings is 1. The molecule has 2 aliphatic heterocycles. The number of thiazole rings is 1. The van der Waals surface area contributed by atoms with Crippen LogP contribution in [0.25, 0.3) is 10.4 Å². The molecule has 1 saturated carbocycles. The van der Waals surface area contributed by atoms with Crippen molar-refractivity contribution in [2.24, 2.45) is 16.2 Å². The van der Waals surface area contributed by atoms with E-state index in [-0.39, 0.29) is 61.2 Å². The minimum absolute atomic E-state index is 0.0123. The second-order valence-electron chi connectivity index (χ2n) is 21.4. The van der Waals surface area contributed by atoms with Crippen LogP contribution in [0.1, 0.15) is 114 Å². The van der Waals surface area contributed by atoms with Crippen molar-refractivity contribution in [3.8, 4) is 22.3 Å². The number of carbonyl (C=O) groups excluding carboxylic acids is 4. The fourth-order valence-corrected chi connectivity index (χ4v) is 11.6. The molecule has 4 N–H and O–H groups in total. The maximum atomic E-state index is 14.2. The number of likely N-dealkylation sites (tertiary alicyclic amines) is 1. The van der Waals surface area contributed by atoms with Crippen LogP contribution in [-0.2, 0) is 14.4 Å². The van der Waals surface area contributed by atoms with Crippen LogP contribution in [0.15, 0.2) is 66.3 Å². The lowest BCUT2D eigenvalue weighted by Crippen LogP contribution is -2.74. The number of aliphatic hydroxyl groups excluding tert-OH is 1. The van der Waals surface area contributed by atoms with Crippen LogP contribution in [0.4, 0.5) is 5.82 Å². The molecule has 1 aliphatic carbocycles. The predicted octanol–water partition coefficient (Wildman–Crippen LogP) is 7.31. The number of aromatic nitrogens is 2. The standard InChI is InChI=1S/C53H68ClN9O6S/c1-32(34-13-15-35(16-14-34)44-33(2)57-31-70-44)58-47(67)41-26-38(64)30-63(41)48(68)45(51(3,4)5)59-43(65)12-10-11-21-61-22-24-62(25-23-61)42-20-18-37(29-56-42)46(66)60-49-52(6,7)50(53(49,8)9)69-39-19-17-36(28-55)40(54)27-39/h13-20,27,29,31-32,38,41,45,49-50,64H,10-12,21-26,30H2,1-9H3,(H,58,67)(H,59,65)(H,60,66)/t32-,38+,41+,45+,49?,50?/m0/s1. The molecule has 4 heterocycles. The van der Waals surface area contributed by atoms with Crippen molar-refractivity contribution in [3.63, 3.8) is 0 Å². The van der Waals surface area contributed by atoms with Gasteiger partial charge in [0.05, 0.1) is 44.4 Å². The third-order valence-corrected chi connectivity index (χ3v) is 15.6. The molecule has 7 rings (SSSR count). The summed E-state index contributed by atoms with van der Waals surface area (Å²) < 4.78 is 6.38. The Morgan fingerprint density at radius 1 is 0.971 bits per heavy atom. The molecule has 70 heavy (non-hydrogen) atoms. The first-order valence-corrected chi connectivity index (χ1v) is 25.5. The van der Waals surface area contributed by atoms with Crippen LogP contribution in [0.5, 0.6) is 5.75 Å². The van der Waals surface area contributed by atoms with Crippen molar-refractivity contribution in [1.29, 1.82) is 5.26 Å². The fourth-order valence-electron chi connectivity index (χ4n) is 10.6. The number of benzene rings is 2. The zero-order chi connectivity index (χ0) is 50.7. The maximum Gasteiger partial charge on any atom is 0.253 e. The lowest BCUT2D eigenvalue weighted by atomic mass is 9.49. The summed E-state index contributed by atoms with van der Waals surface area (Å²) in [6, 6.07) is 16.5. The lowest BCUT2D eigenvalue weighted by Gasteiger charge is -2.63. The highest BCUT2D eigenvalue weighted by Gasteiger charge is 2.64. The Balaban J connectivity index is 0.831. The zero-order valence-corrected chi connectivity index (χ0v) is 43.4. The molecule has 0 spiro atoms. The Kier molecular flexibility index (Phi) is 16.0. The third kappa shape index (κ3) is 11.6. The van der Waals surface area contributed by atoms with Crippen molar-refractivity contribution >= 4 is 52.4 Å². The molecule has 0 radical (unpaired) electrons. The number of amides is 4. The fraction of sp³-hybridized carbons (Fsp3) is 0.528. The maximum absolute atomic E-state index is 14.2. The van der Waals surface area contributed by atoms with Crippen molar-refractivity contribution < 1.29 is 29.0 Å². The zero-order valence-electron chi connectivity index (χ0n) is 41.8. The number of rotatable bonds is 16. The van der Waals surface area contributed by atoms with E-state index in [1.165, 1.54) is 4.90 Å². The number of nitrogens with one attached hydrogen (secondary N) is 3. The van der Waals surface area contributed by atoms with Gasteiger partial charge in [0.25, 0.3) is 5.91 Å². The van der Waals surface area contributed by atoms with Crippen LogP contribution >= 0.6 is 22.9 Å². The number of hydrogen-bond donors (Lipinski definition) is 4. The highest BCUT2D eigenvalue weighted by molar-refractivity contribution is 7.13. The smallest absolute Gasteiger partial charge is 0.253 e. The lowest BCUT2D eigenvalue weighted by molar-refractivity contribution is -0.164. The van der Waals surface area contributed by atoms with E-state index in [0.29, 0.717) is 28.3 Å². The topological polar surface area (TPSA) is 193 Å². The van der Waals surface area contributed by atoms with Crippen LogP contribution in [0.2, 0.25) is 5.02 Å². The average Bonchev–Trinajstić information content (AvgIpc) is 3.95. The summed E-state index contributed by atoms with van der Waals surface area (Å²) in [4.78, 5) is 70.9. The Morgan fingerprint density at radius 3 is 2.27 bits per heavy atom. The first-order valence-electron chi connectivity index (χ1n) is 24.3. The summed E-state index contributed by atoms with van der Waals surface area (Å²) in [6.07, 6.45) is 2.39. The van der Waals surface area contributed by atoms with Gasteiger partial charge >= 0.3 is 0 Å². The van der Waals surface area contributed by atoms with Gasteiger partial charge in [-0.3, -0.25) is 24.1 Å². The second kappa shape index (κ2) is 21.4. The van der Waals surface area contributed by atoms with E-state index in [9.17, 15) is 29.5 Å². The van der Waals surface area contributed by atoms with Gasteiger partial charge in [-0.15, -0.1) is 11.3 Å². The van der Waals surface area contributed by atoms with E-state index in [0.717, 1.165) is 66.7 Å². The number of β-amino-alcohol motifs (C(OH)–C–C–N with tert-alkyl or cyclic N) is 1. The molecular formula is C53H68ClN9O6S. The van der Waals surface area contributed by atoms with Crippen LogP contribution in [0.3, 0.4) is 0 Å². The minimum atomic E-state index is -0.886. The normalized spacial score (nSPS) is 21.7. The molecule has 4 atom stereocenters. The molecular weight excluding hydrogens is 926 g/mol. The first kappa shape index (κ1) is 52.2. The van der Waals surface area contributed by atoms with E-state index in [1.54, 1.807) is 35.7 Å². The first-order chi connectivity index (χ1) is 33.1. The molecule has 4 aromatic rings. The molecule has 3 fully saturated rings. The molecule has 2 aromatic carbocycles. The monoisotopic (exact) mass is 993 g/mol. The highest BCUT2D eigenvalue weighted by Crippen LogP contribution is 2.55. The molecule has 0 bridgehead atoms. The third-order valence-electron chi connectivity index (χ3n) is 14.3. The van der Waals surface area contributed by atoms with Crippen molar-refractivity contribution in [2.75, 3.05) is 44.2 Å². The number of carbonyl (C=O) groups is 4. The van der Waals surface area contributed by atoms with Crippen molar-refractivity contribution in [3.05, 3.63) is 93.7 Å². The number of nitriles is 1. The quantitative estimate of drug-likeness (QED) is 0.0823. The van der Waals surface area contributed by atoms with E-state index in [4.69, 9.17) is 16.3 Å². The SMILES string of the molecule is Cc1ncsc1-c1ccc([C@H](C)NC(=O)[C@H]2C[C@@H](O)CN2C(=O)[C@@H](NC(=O)CCCCN2CCN(c3ccc(C(=O)NC4C(C)(C)C(Oc5ccc(C#N)c(Cl)c5)C4(C)C)cn3)CC2)C(C)(C)C)cc1. The van der Waals surface area contributed by atoms with Crippen LogP contribution < -0.4 is 25.6 Å². The number of piperazine rings is 1. The molecule has 2 aromatic heterocycles. The number of nitrogens with zero attached hydrogens (tertiary/aromatic N) is 6. The number of aryl methyl sites for hydroxylation is 1. The number of anilines is 1. The van der Waals surface area contributed by atoms with E-state index in [2.05, 4.69) is 69.5 Å². The van der Waals surface area contributed by atoms with Gasteiger partial charge in [-0.1, -0.05) is 84.3 Å². The Hall–Kier alpha value is -5.60. The number of hydrogen-bond acceptors (Lipinski definition) is 12. The van der Waals surface area contributed by atoms with Gasteiger partial charge in [0.1, 0.15) is 35.8 Å². The average molecular weight is 995 g/mol. The second-order valence-corrected chi connectivity index (χ2v) is 22.6. The van der Waals surface area contributed by atoms with Gasteiger partial charge in [0.15, 0.2) is 0 Å². The van der Waals surface area contributed by atoms with E-state index >= 15 is 0 Å². The summed E-state index contributed by atoms with van der Waals surface area (Å²) in [7, 11) is 0. The highest BCUT2D eigenvalue weighted by atomic mass is 35.5. The van der Waals surface area contributed by atoms with Crippen LogP contribution in [0, 0.1) is 34.5 Å². The molecule has 2 saturated heterocycles. The van der Waals surface area contributed by atoms with E-state index < -0.39 is 34.4 Å². The van der Waals surface area contributed by atoms with Gasteiger partial charge in [-0.05, 0) is 74.0 Å². The van der Waals surface area contributed by atoms with Crippen molar-refractivity contribution in [1.82, 2.24) is 35.7 Å². The number of ether oxygens (including phenoxy) is 1. The molecule has 3 aliphatic rings. The molecule has 15 nitrogen and oxygen atoms in total. The Bertz CT molecular complexity index is 2550. The summed E-state index contributed by atoms with van der Waals surface area (Å²) in [6.45, 7) is 21.9. The number of unbranched alkanes of at least 4 members (excludes halogenated alkanes) is 1. The number of halogens is 1. The van der Waals surface area contributed by atoms with Crippen molar-refractivity contribution in [2.45, 2.75) is 124 Å². The minimum Gasteiger partial charge on any atom is -0.489 e. The molecule has 374 valence electrons. The molecule has 4 amide bonds. The van der Waals surface area contributed by atoms with Crippen LogP contribution in [-0.4, -0.2) is 118 Å². The summed E-state index contributed by atoms with van der Waals surface area (Å²) >= 11 is 7.84. The van der Waals surface area contributed by atoms with Gasteiger partial charge in [-0.25, -0.2) is 9.97 Å². The Morgan fingerprint density at radius 2 is 1.67 bits per heavy atom. The Labute approximate surface area is 421 Å². The molecule has 17 heteroatoms. The largest absolute Gasteiger partial charge is 0.489 e. The van der Waals surface area contributed by atoms with Gasteiger partial charge in [-0.2, -0.15) is 5.26 Å². The molecule has 0 unspecified atom stereocenters.